The Morgan fingerprint density at radius 1 is 0.833 bits per heavy atom. The summed E-state index contributed by atoms with van der Waals surface area (Å²) in [7, 11) is 0. The summed E-state index contributed by atoms with van der Waals surface area (Å²) in [6, 6.07) is 11.8. The van der Waals surface area contributed by atoms with Gasteiger partial charge in [-0.25, -0.2) is 18.7 Å². The van der Waals surface area contributed by atoms with Gasteiger partial charge in [0.1, 0.15) is 24.2 Å². The first-order chi connectivity index (χ1) is 29.1. The molecule has 4 amide bonds. The summed E-state index contributed by atoms with van der Waals surface area (Å²) >= 11 is 0. The molecule has 3 aromatic rings. The van der Waals surface area contributed by atoms with E-state index >= 15 is 4.39 Å². The van der Waals surface area contributed by atoms with E-state index in [9.17, 15) is 23.6 Å². The first kappa shape index (κ1) is 41.5. The first-order valence-electron chi connectivity index (χ1n) is 21.6. The van der Waals surface area contributed by atoms with Gasteiger partial charge in [0.15, 0.2) is 5.82 Å². The van der Waals surface area contributed by atoms with Crippen molar-refractivity contribution in [2.45, 2.75) is 88.8 Å². The molecule has 8 rings (SSSR count). The highest BCUT2D eigenvalue weighted by molar-refractivity contribution is 6.01. The van der Waals surface area contributed by atoms with E-state index in [0.717, 1.165) is 84.1 Å². The molecule has 5 aliphatic rings. The molecule has 5 fully saturated rings. The standard InChI is InChI=1S/C44H55F2N9O5/c45-35-24-33(48-37-13-15-39(56)51-43(37)59)12-14-38(35)54-18-16-53(17-19-54)26-29-6-4-28(5-7-29)22-40(57)49-31-8-10-32(11-9-31)50-44-47-25-36(46)42(52-44)30-2-1-3-34(23-30)55-20-21-60-27-41(55)58/h1-3,12,14,23-25,28-29,31-32,37,48H,4-11,13,15-22,26-27H2,(H,49,57)(H,47,50,52)(H,51,56,59)/t28?,29?,31-,32-,37?. The molecule has 0 bridgehead atoms. The molecule has 2 saturated carbocycles. The highest BCUT2D eigenvalue weighted by Gasteiger charge is 2.30. The third-order valence-electron chi connectivity index (χ3n) is 12.8. The third-order valence-corrected chi connectivity index (χ3v) is 12.8. The topological polar surface area (TPSA) is 161 Å². The fraction of sp³-hybridized carbons (Fsp3) is 0.545. The van der Waals surface area contributed by atoms with Crippen LogP contribution >= 0.6 is 0 Å². The number of amides is 4. The summed E-state index contributed by atoms with van der Waals surface area (Å²) in [5, 5.41) is 12.0. The molecule has 4 N–H and O–H groups in total. The molecular weight excluding hydrogens is 773 g/mol. The number of nitrogens with one attached hydrogen (secondary N) is 4. The average Bonchev–Trinajstić information content (AvgIpc) is 3.25. The summed E-state index contributed by atoms with van der Waals surface area (Å²) in [6.45, 7) is 5.14. The first-order valence-corrected chi connectivity index (χ1v) is 21.6. The molecule has 14 nitrogen and oxygen atoms in total. The van der Waals surface area contributed by atoms with Crippen LogP contribution in [0.15, 0.2) is 48.7 Å². The van der Waals surface area contributed by atoms with Crippen LogP contribution in [-0.4, -0.2) is 109 Å². The molecule has 16 heteroatoms. The number of halogens is 2. The van der Waals surface area contributed by atoms with Crippen LogP contribution in [0, 0.1) is 23.5 Å². The van der Waals surface area contributed by atoms with Gasteiger partial charge in [0.2, 0.25) is 23.7 Å². The molecule has 1 unspecified atom stereocenters. The normalized spacial score (nSPS) is 25.4. The second-order valence-corrected chi connectivity index (χ2v) is 17.0. The van der Waals surface area contributed by atoms with Crippen molar-refractivity contribution in [1.82, 2.24) is 25.5 Å². The molecule has 0 radical (unpaired) electrons. The van der Waals surface area contributed by atoms with Crippen LogP contribution in [0.3, 0.4) is 0 Å². The number of aromatic nitrogens is 2. The van der Waals surface area contributed by atoms with Crippen molar-refractivity contribution in [2.24, 2.45) is 11.8 Å². The van der Waals surface area contributed by atoms with Crippen molar-refractivity contribution < 1.29 is 32.7 Å². The predicted molar refractivity (Wildman–Crippen MR) is 223 cm³/mol. The Morgan fingerprint density at radius 3 is 2.35 bits per heavy atom. The van der Waals surface area contributed by atoms with Gasteiger partial charge in [-0.15, -0.1) is 0 Å². The van der Waals surface area contributed by atoms with Crippen LogP contribution in [0.4, 0.5) is 31.8 Å². The molecule has 0 spiro atoms. The van der Waals surface area contributed by atoms with Crippen LogP contribution in [0.2, 0.25) is 0 Å². The maximum atomic E-state index is 15.2. The van der Waals surface area contributed by atoms with E-state index in [0.29, 0.717) is 66.4 Å². The number of hydrogen-bond donors (Lipinski definition) is 4. The number of piperidine rings is 1. The molecule has 3 saturated heterocycles. The lowest BCUT2D eigenvalue weighted by molar-refractivity contribution is -0.133. The summed E-state index contributed by atoms with van der Waals surface area (Å²) in [5.41, 5.74) is 2.49. The van der Waals surface area contributed by atoms with Gasteiger partial charge < -0.3 is 30.5 Å². The number of piperazine rings is 1. The van der Waals surface area contributed by atoms with Gasteiger partial charge in [0.25, 0.3) is 5.91 Å². The number of imide groups is 1. The molecule has 2 aliphatic carbocycles. The number of morpholine rings is 1. The fourth-order valence-electron chi connectivity index (χ4n) is 9.40. The van der Waals surface area contributed by atoms with E-state index in [1.807, 2.05) is 6.07 Å². The number of hydrogen-bond acceptors (Lipinski definition) is 11. The Kier molecular flexibility index (Phi) is 13.2. The van der Waals surface area contributed by atoms with Crippen molar-refractivity contribution >= 4 is 46.6 Å². The van der Waals surface area contributed by atoms with Crippen molar-refractivity contribution in [2.75, 3.05) is 72.9 Å². The number of nitrogens with zero attached hydrogens (tertiary/aromatic N) is 5. The SMILES string of the molecule is O=C1CCC(Nc2ccc(N3CCN(CC4CCC(CC(=O)N[C@H]5CC[C@H](Nc6ncc(F)c(-c7cccc(N8CCOCC8=O)c7)n6)CC5)CC4)CC3)c(F)c2)C(=O)N1. The van der Waals surface area contributed by atoms with E-state index in [-0.39, 0.29) is 60.3 Å². The number of carbonyl (C=O) groups is 4. The summed E-state index contributed by atoms with van der Waals surface area (Å²) in [6.07, 6.45) is 10.0. The Bertz CT molecular complexity index is 2030. The van der Waals surface area contributed by atoms with Gasteiger partial charge in [0.05, 0.1) is 18.5 Å². The Balaban J connectivity index is 0.720. The van der Waals surface area contributed by atoms with E-state index in [1.54, 1.807) is 35.2 Å². The fourth-order valence-corrected chi connectivity index (χ4v) is 9.40. The Labute approximate surface area is 349 Å². The Hall–Kier alpha value is -5.22. The molecule has 320 valence electrons. The zero-order valence-corrected chi connectivity index (χ0v) is 34.0. The van der Waals surface area contributed by atoms with Crippen molar-refractivity contribution in [3.8, 4) is 11.3 Å². The van der Waals surface area contributed by atoms with E-state index in [1.165, 1.54) is 12.3 Å². The lowest BCUT2D eigenvalue weighted by Gasteiger charge is -2.39. The summed E-state index contributed by atoms with van der Waals surface area (Å²) in [4.78, 5) is 63.9. The number of ether oxygens (including phenoxy) is 1. The van der Waals surface area contributed by atoms with Gasteiger partial charge in [-0.05, 0) is 100.0 Å². The third kappa shape index (κ3) is 10.4. The second kappa shape index (κ2) is 19.0. The Morgan fingerprint density at radius 2 is 1.60 bits per heavy atom. The molecule has 1 aromatic heterocycles. The maximum absolute atomic E-state index is 15.2. The van der Waals surface area contributed by atoms with E-state index in [4.69, 9.17) is 4.74 Å². The summed E-state index contributed by atoms with van der Waals surface area (Å²) in [5.74, 6) is -0.192. The van der Waals surface area contributed by atoms with Gasteiger partial charge >= 0.3 is 0 Å². The maximum Gasteiger partial charge on any atom is 0.253 e. The number of anilines is 4. The molecular formula is C44H55F2N9O5. The smallest absolute Gasteiger partial charge is 0.253 e. The highest BCUT2D eigenvalue weighted by atomic mass is 19.1. The predicted octanol–water partition coefficient (Wildman–Crippen LogP) is 4.86. The molecule has 4 heterocycles. The van der Waals surface area contributed by atoms with Crippen LogP contribution < -0.4 is 31.1 Å². The number of carbonyl (C=O) groups excluding carboxylic acids is 4. The van der Waals surface area contributed by atoms with E-state index < -0.39 is 11.9 Å². The van der Waals surface area contributed by atoms with Gasteiger partial charge in [-0.3, -0.25) is 29.4 Å². The molecule has 3 aliphatic heterocycles. The summed E-state index contributed by atoms with van der Waals surface area (Å²) < 4.78 is 35.4. The average molecular weight is 828 g/mol. The zero-order valence-electron chi connectivity index (χ0n) is 34.0. The zero-order chi connectivity index (χ0) is 41.6. The lowest BCUT2D eigenvalue weighted by atomic mass is 9.80. The molecule has 2 aromatic carbocycles. The molecule has 1 atom stereocenters. The second-order valence-electron chi connectivity index (χ2n) is 17.0. The molecule has 60 heavy (non-hydrogen) atoms. The monoisotopic (exact) mass is 827 g/mol. The largest absolute Gasteiger partial charge is 0.374 e. The minimum atomic E-state index is -0.554. The highest BCUT2D eigenvalue weighted by Crippen LogP contribution is 2.33. The van der Waals surface area contributed by atoms with Crippen LogP contribution in [0.1, 0.15) is 70.6 Å². The van der Waals surface area contributed by atoms with Crippen molar-refractivity contribution in [3.05, 3.63) is 60.3 Å². The van der Waals surface area contributed by atoms with Gasteiger partial charge in [0, 0.05) is 81.1 Å². The van der Waals surface area contributed by atoms with Crippen LogP contribution in [-0.2, 0) is 23.9 Å². The van der Waals surface area contributed by atoms with Gasteiger partial charge in [-0.1, -0.05) is 12.1 Å². The number of rotatable bonds is 12. The minimum Gasteiger partial charge on any atom is -0.374 e. The minimum absolute atomic E-state index is 0.0257. The van der Waals surface area contributed by atoms with E-state index in [2.05, 4.69) is 41.0 Å². The van der Waals surface area contributed by atoms with Crippen molar-refractivity contribution in [3.63, 3.8) is 0 Å². The quantitative estimate of drug-likeness (QED) is 0.185. The number of benzene rings is 2. The van der Waals surface area contributed by atoms with Gasteiger partial charge in [-0.2, -0.15) is 0 Å². The van der Waals surface area contributed by atoms with Crippen molar-refractivity contribution in [1.29, 1.82) is 0 Å². The lowest BCUT2D eigenvalue weighted by Crippen LogP contribution is -2.48. The van der Waals surface area contributed by atoms with Crippen LogP contribution in [0.5, 0.6) is 0 Å². The van der Waals surface area contributed by atoms with Crippen LogP contribution in [0.25, 0.3) is 11.3 Å².